The fourth-order valence-electron chi connectivity index (χ4n) is 2.24. The van der Waals surface area contributed by atoms with Gasteiger partial charge in [-0.25, -0.2) is 0 Å². The van der Waals surface area contributed by atoms with Crippen LogP contribution in [0.5, 0.6) is 0 Å². The Morgan fingerprint density at radius 3 is 2.93 bits per heavy atom. The molecule has 4 nitrogen and oxygen atoms in total. The number of hydrogen-bond acceptors (Lipinski definition) is 4. The van der Waals surface area contributed by atoms with Crippen molar-refractivity contribution in [3.05, 3.63) is 0 Å². The predicted octanol–water partition coefficient (Wildman–Crippen LogP) is -0.143. The minimum atomic E-state index is -0.00759. The van der Waals surface area contributed by atoms with Crippen LogP contribution in [0.3, 0.4) is 0 Å². The van der Waals surface area contributed by atoms with Crippen LogP contribution in [0, 0.1) is 0 Å². The van der Waals surface area contributed by atoms with Crippen LogP contribution in [0.15, 0.2) is 0 Å². The number of hydrogen-bond donors (Lipinski definition) is 1. The van der Waals surface area contributed by atoms with E-state index < -0.39 is 0 Å². The van der Waals surface area contributed by atoms with Crippen molar-refractivity contribution in [2.75, 3.05) is 33.0 Å². The van der Waals surface area contributed by atoms with Crippen molar-refractivity contribution < 1.29 is 14.6 Å². The maximum absolute atomic E-state index is 9.05. The van der Waals surface area contributed by atoms with Gasteiger partial charge in [0.2, 0.25) is 0 Å². The molecule has 0 bridgehead atoms. The average molecular weight is 201 g/mol. The summed E-state index contributed by atoms with van der Waals surface area (Å²) in [6.45, 7) is 5.57. The van der Waals surface area contributed by atoms with E-state index in [-0.39, 0.29) is 12.7 Å². The van der Waals surface area contributed by atoms with Crippen LogP contribution in [0.1, 0.15) is 13.3 Å². The molecule has 2 aliphatic rings. The van der Waals surface area contributed by atoms with E-state index in [0.717, 1.165) is 32.8 Å². The first-order valence-corrected chi connectivity index (χ1v) is 5.37. The van der Waals surface area contributed by atoms with Crippen LogP contribution in [0.25, 0.3) is 0 Å². The molecule has 0 aliphatic carbocycles. The number of aliphatic hydroxyl groups excluding tert-OH is 1. The first-order chi connectivity index (χ1) is 6.81. The summed E-state index contributed by atoms with van der Waals surface area (Å²) in [4.78, 5) is 2.41. The molecule has 0 aromatic heterocycles. The molecule has 3 unspecified atom stereocenters. The lowest BCUT2D eigenvalue weighted by molar-refractivity contribution is -0.0911. The Kier molecular flexibility index (Phi) is 3.38. The molecule has 0 aromatic carbocycles. The van der Waals surface area contributed by atoms with Gasteiger partial charge in [0, 0.05) is 25.2 Å². The van der Waals surface area contributed by atoms with Gasteiger partial charge < -0.3 is 14.6 Å². The van der Waals surface area contributed by atoms with Crippen molar-refractivity contribution in [1.82, 2.24) is 4.90 Å². The average Bonchev–Trinajstić information content (AvgIpc) is 2.71. The second-order valence-electron chi connectivity index (χ2n) is 4.20. The Balaban J connectivity index is 1.93. The lowest BCUT2D eigenvalue weighted by Crippen LogP contribution is -2.53. The standard InChI is InChI=1S/C10H19NO3/c1-8-6-14-10(5-12)4-11(8)9-2-3-13-7-9/h8-10,12H,2-7H2,1H3. The zero-order valence-electron chi connectivity index (χ0n) is 8.69. The summed E-state index contributed by atoms with van der Waals surface area (Å²) < 4.78 is 10.9. The maximum Gasteiger partial charge on any atom is 0.0933 e. The summed E-state index contributed by atoms with van der Waals surface area (Å²) >= 11 is 0. The highest BCUT2D eigenvalue weighted by Crippen LogP contribution is 2.20. The van der Waals surface area contributed by atoms with Gasteiger partial charge in [-0.05, 0) is 13.3 Å². The molecule has 0 aromatic rings. The van der Waals surface area contributed by atoms with Crippen molar-refractivity contribution in [3.63, 3.8) is 0 Å². The number of aliphatic hydroxyl groups is 1. The Labute approximate surface area is 84.8 Å². The van der Waals surface area contributed by atoms with Crippen LogP contribution in [-0.4, -0.2) is 61.2 Å². The highest BCUT2D eigenvalue weighted by Gasteiger charge is 2.32. The highest BCUT2D eigenvalue weighted by molar-refractivity contribution is 4.84. The second-order valence-corrected chi connectivity index (χ2v) is 4.20. The fraction of sp³-hybridized carbons (Fsp3) is 1.00. The predicted molar refractivity (Wildman–Crippen MR) is 52.2 cm³/mol. The summed E-state index contributed by atoms with van der Waals surface area (Å²) in [5.74, 6) is 0. The van der Waals surface area contributed by atoms with Crippen LogP contribution in [-0.2, 0) is 9.47 Å². The van der Waals surface area contributed by atoms with Crippen LogP contribution in [0.4, 0.5) is 0 Å². The van der Waals surface area contributed by atoms with Gasteiger partial charge >= 0.3 is 0 Å². The molecular weight excluding hydrogens is 182 g/mol. The lowest BCUT2D eigenvalue weighted by atomic mass is 10.1. The molecule has 2 heterocycles. The first kappa shape index (κ1) is 10.4. The topological polar surface area (TPSA) is 41.9 Å². The van der Waals surface area contributed by atoms with Gasteiger partial charge in [0.05, 0.1) is 25.9 Å². The highest BCUT2D eigenvalue weighted by atomic mass is 16.5. The minimum Gasteiger partial charge on any atom is -0.394 e. The molecule has 14 heavy (non-hydrogen) atoms. The molecular formula is C10H19NO3. The molecule has 3 atom stereocenters. The molecule has 2 aliphatic heterocycles. The van der Waals surface area contributed by atoms with E-state index in [1.807, 2.05) is 0 Å². The quantitative estimate of drug-likeness (QED) is 0.675. The van der Waals surface area contributed by atoms with E-state index in [1.165, 1.54) is 0 Å². The molecule has 2 fully saturated rings. The maximum atomic E-state index is 9.05. The molecule has 4 heteroatoms. The lowest BCUT2D eigenvalue weighted by Gasteiger charge is -2.40. The van der Waals surface area contributed by atoms with Crippen LogP contribution in [0.2, 0.25) is 0 Å². The molecule has 2 rings (SSSR count). The van der Waals surface area contributed by atoms with E-state index in [2.05, 4.69) is 11.8 Å². The molecule has 2 saturated heterocycles. The second kappa shape index (κ2) is 4.57. The molecule has 82 valence electrons. The molecule has 0 radical (unpaired) electrons. The van der Waals surface area contributed by atoms with Gasteiger partial charge in [0.25, 0.3) is 0 Å². The van der Waals surface area contributed by atoms with Gasteiger partial charge in [-0.3, -0.25) is 4.90 Å². The first-order valence-electron chi connectivity index (χ1n) is 5.37. The SMILES string of the molecule is CC1COC(CO)CN1C1CCOC1. The van der Waals surface area contributed by atoms with Gasteiger partial charge in [-0.15, -0.1) is 0 Å². The van der Waals surface area contributed by atoms with E-state index in [1.54, 1.807) is 0 Å². The Hall–Kier alpha value is -0.160. The van der Waals surface area contributed by atoms with E-state index in [0.29, 0.717) is 12.1 Å². The normalized spacial score (nSPS) is 40.3. The molecule has 0 spiro atoms. The third-order valence-corrected chi connectivity index (χ3v) is 3.13. The third-order valence-electron chi connectivity index (χ3n) is 3.13. The molecule has 1 N–H and O–H groups in total. The summed E-state index contributed by atoms with van der Waals surface area (Å²) in [6, 6.07) is 0.979. The van der Waals surface area contributed by atoms with Gasteiger partial charge in [0.1, 0.15) is 0 Å². The van der Waals surface area contributed by atoms with Crippen molar-refractivity contribution in [1.29, 1.82) is 0 Å². The summed E-state index contributed by atoms with van der Waals surface area (Å²) in [5.41, 5.74) is 0. The van der Waals surface area contributed by atoms with Gasteiger partial charge in [-0.1, -0.05) is 0 Å². The smallest absolute Gasteiger partial charge is 0.0933 e. The van der Waals surface area contributed by atoms with Crippen molar-refractivity contribution in [2.24, 2.45) is 0 Å². The summed E-state index contributed by atoms with van der Waals surface area (Å²) in [7, 11) is 0. The van der Waals surface area contributed by atoms with Crippen LogP contribution < -0.4 is 0 Å². The molecule has 0 saturated carbocycles. The van der Waals surface area contributed by atoms with E-state index >= 15 is 0 Å². The van der Waals surface area contributed by atoms with Crippen molar-refractivity contribution in [3.8, 4) is 0 Å². The largest absolute Gasteiger partial charge is 0.394 e. The Morgan fingerprint density at radius 1 is 1.43 bits per heavy atom. The van der Waals surface area contributed by atoms with Crippen molar-refractivity contribution >= 4 is 0 Å². The number of morpholine rings is 1. The zero-order valence-corrected chi connectivity index (χ0v) is 8.69. The number of rotatable bonds is 2. The zero-order chi connectivity index (χ0) is 9.97. The van der Waals surface area contributed by atoms with Gasteiger partial charge in [0.15, 0.2) is 0 Å². The Morgan fingerprint density at radius 2 is 2.29 bits per heavy atom. The number of ether oxygens (including phenoxy) is 2. The summed E-state index contributed by atoms with van der Waals surface area (Å²) in [6.07, 6.45) is 1.11. The van der Waals surface area contributed by atoms with Gasteiger partial charge in [-0.2, -0.15) is 0 Å². The van der Waals surface area contributed by atoms with Crippen LogP contribution >= 0.6 is 0 Å². The fourth-order valence-corrected chi connectivity index (χ4v) is 2.24. The monoisotopic (exact) mass is 201 g/mol. The summed E-state index contributed by atoms with van der Waals surface area (Å²) in [5, 5.41) is 9.05. The van der Waals surface area contributed by atoms with Crippen molar-refractivity contribution in [2.45, 2.75) is 31.5 Å². The molecule has 0 amide bonds. The minimum absolute atomic E-state index is 0.00759. The Bertz CT molecular complexity index is 182. The van der Waals surface area contributed by atoms with E-state index in [4.69, 9.17) is 14.6 Å². The number of nitrogens with zero attached hydrogens (tertiary/aromatic N) is 1. The van der Waals surface area contributed by atoms with E-state index in [9.17, 15) is 0 Å². The third kappa shape index (κ3) is 2.08.